The van der Waals surface area contributed by atoms with Gasteiger partial charge < -0.3 is 0 Å². The van der Waals surface area contributed by atoms with E-state index in [4.69, 9.17) is 0 Å². The molecule has 2 rings (SSSR count). The molecule has 1 aromatic heterocycles. The molecule has 1 fully saturated rings. The topological polar surface area (TPSA) is 30.0 Å². The predicted molar refractivity (Wildman–Crippen MR) is 53.9 cm³/mol. The molecule has 0 aliphatic heterocycles. The van der Waals surface area contributed by atoms with Gasteiger partial charge in [0, 0.05) is 21.6 Å². The molecule has 3 heteroatoms. The molecule has 0 radical (unpaired) electrons. The zero-order chi connectivity index (χ0) is 9.47. The first-order chi connectivity index (χ1) is 6.15. The van der Waals surface area contributed by atoms with Crippen LogP contribution in [0.3, 0.4) is 0 Å². The fourth-order valence-corrected chi connectivity index (χ4v) is 1.82. The number of nitrogens with zero attached hydrogens (tertiary/aromatic N) is 1. The number of carbonyl (C=O) groups is 1. The highest BCUT2D eigenvalue weighted by Gasteiger charge is 2.41. The molecule has 0 spiro atoms. The van der Waals surface area contributed by atoms with Gasteiger partial charge in [-0.1, -0.05) is 6.92 Å². The van der Waals surface area contributed by atoms with E-state index in [-0.39, 0.29) is 5.41 Å². The molecule has 13 heavy (non-hydrogen) atoms. The summed E-state index contributed by atoms with van der Waals surface area (Å²) in [6, 6.07) is 1.83. The Kier molecular flexibility index (Phi) is 1.99. The van der Waals surface area contributed by atoms with Crippen LogP contribution in [0.5, 0.6) is 0 Å². The fraction of sp³-hybridized carbons (Fsp3) is 0.400. The minimum Gasteiger partial charge on any atom is -0.298 e. The van der Waals surface area contributed by atoms with Gasteiger partial charge in [0.25, 0.3) is 0 Å². The lowest BCUT2D eigenvalue weighted by Gasteiger charge is -2.09. The van der Waals surface area contributed by atoms with Gasteiger partial charge in [0.15, 0.2) is 6.29 Å². The molecular formula is C10H10BrNO. The van der Waals surface area contributed by atoms with Crippen LogP contribution in [0.25, 0.3) is 0 Å². The summed E-state index contributed by atoms with van der Waals surface area (Å²) in [4.78, 5) is 15.1. The normalized spacial score (nSPS) is 18.3. The summed E-state index contributed by atoms with van der Waals surface area (Å²) in [7, 11) is 0. The smallest absolute Gasteiger partial charge is 0.151 e. The lowest BCUT2D eigenvalue weighted by atomic mass is 10.0. The molecular weight excluding hydrogens is 230 g/mol. The molecule has 2 nitrogen and oxygen atoms in total. The van der Waals surface area contributed by atoms with E-state index in [1.807, 2.05) is 6.07 Å². The molecule has 1 saturated carbocycles. The van der Waals surface area contributed by atoms with Crippen molar-refractivity contribution in [3.05, 3.63) is 28.0 Å². The van der Waals surface area contributed by atoms with Crippen molar-refractivity contribution in [2.45, 2.75) is 25.2 Å². The van der Waals surface area contributed by atoms with Crippen LogP contribution in [0.15, 0.2) is 16.7 Å². The summed E-state index contributed by atoms with van der Waals surface area (Å²) in [5, 5.41) is 0. The number of rotatable bonds is 2. The molecule has 0 bridgehead atoms. The summed E-state index contributed by atoms with van der Waals surface area (Å²) in [5.74, 6) is 0. The molecule has 1 heterocycles. The highest BCUT2D eigenvalue weighted by Crippen LogP contribution is 2.47. The Morgan fingerprint density at radius 1 is 1.62 bits per heavy atom. The molecule has 0 atom stereocenters. The lowest BCUT2D eigenvalue weighted by Crippen LogP contribution is -2.07. The van der Waals surface area contributed by atoms with E-state index in [9.17, 15) is 4.79 Å². The molecule has 68 valence electrons. The average Bonchev–Trinajstić information content (AvgIpc) is 2.84. The molecule has 0 saturated heterocycles. The Hall–Kier alpha value is -0.700. The second kappa shape index (κ2) is 2.91. The van der Waals surface area contributed by atoms with Gasteiger partial charge in [0.2, 0.25) is 0 Å². The first kappa shape index (κ1) is 8.88. The maximum Gasteiger partial charge on any atom is 0.151 e. The van der Waals surface area contributed by atoms with Crippen LogP contribution in [-0.2, 0) is 5.41 Å². The van der Waals surface area contributed by atoms with Gasteiger partial charge in [-0.05, 0) is 34.8 Å². The van der Waals surface area contributed by atoms with E-state index in [0.717, 1.165) is 34.9 Å². The summed E-state index contributed by atoms with van der Waals surface area (Å²) >= 11 is 3.30. The maximum atomic E-state index is 10.8. The maximum absolute atomic E-state index is 10.8. The van der Waals surface area contributed by atoms with Gasteiger partial charge in [-0.15, -0.1) is 0 Å². The van der Waals surface area contributed by atoms with Crippen LogP contribution in [-0.4, -0.2) is 11.3 Å². The summed E-state index contributed by atoms with van der Waals surface area (Å²) < 4.78 is 0.864. The third kappa shape index (κ3) is 1.53. The number of halogens is 1. The van der Waals surface area contributed by atoms with Crippen LogP contribution < -0.4 is 0 Å². The van der Waals surface area contributed by atoms with Crippen LogP contribution in [0.4, 0.5) is 0 Å². The number of pyridine rings is 1. The molecule has 1 aromatic rings. The molecule has 0 amide bonds. The SMILES string of the molecule is CC1(c2ncc(Br)cc2C=O)CC1. The van der Waals surface area contributed by atoms with Crippen LogP contribution in [0, 0.1) is 0 Å². The first-order valence-corrected chi connectivity index (χ1v) is 5.06. The largest absolute Gasteiger partial charge is 0.298 e. The summed E-state index contributed by atoms with van der Waals surface area (Å²) in [6.45, 7) is 2.15. The van der Waals surface area contributed by atoms with E-state index >= 15 is 0 Å². The summed E-state index contributed by atoms with van der Waals surface area (Å²) in [5.41, 5.74) is 1.83. The standard InChI is InChI=1S/C10H10BrNO/c1-10(2-3-10)9-7(6-13)4-8(11)5-12-9/h4-6H,2-3H2,1H3. The second-order valence-electron chi connectivity index (χ2n) is 3.77. The van der Waals surface area contributed by atoms with E-state index in [2.05, 4.69) is 27.8 Å². The third-order valence-electron chi connectivity index (χ3n) is 2.58. The van der Waals surface area contributed by atoms with Crippen LogP contribution in [0.1, 0.15) is 35.8 Å². The molecule has 0 unspecified atom stereocenters. The molecule has 1 aliphatic rings. The molecule has 1 aliphatic carbocycles. The van der Waals surface area contributed by atoms with Gasteiger partial charge in [-0.25, -0.2) is 0 Å². The summed E-state index contributed by atoms with van der Waals surface area (Å²) in [6.07, 6.45) is 4.92. The van der Waals surface area contributed by atoms with E-state index in [1.54, 1.807) is 6.20 Å². The van der Waals surface area contributed by atoms with E-state index in [1.165, 1.54) is 0 Å². The Morgan fingerprint density at radius 3 is 2.85 bits per heavy atom. The Balaban J connectivity index is 2.50. The molecule has 0 aromatic carbocycles. The Morgan fingerprint density at radius 2 is 2.31 bits per heavy atom. The first-order valence-electron chi connectivity index (χ1n) is 4.27. The van der Waals surface area contributed by atoms with Crippen molar-refractivity contribution in [2.75, 3.05) is 0 Å². The van der Waals surface area contributed by atoms with Gasteiger partial charge in [-0.3, -0.25) is 9.78 Å². The van der Waals surface area contributed by atoms with Gasteiger partial charge >= 0.3 is 0 Å². The van der Waals surface area contributed by atoms with Crippen molar-refractivity contribution >= 4 is 22.2 Å². The zero-order valence-corrected chi connectivity index (χ0v) is 8.97. The minimum absolute atomic E-state index is 0.164. The van der Waals surface area contributed by atoms with Gasteiger partial charge in [0.05, 0.1) is 5.69 Å². The average molecular weight is 240 g/mol. The zero-order valence-electron chi connectivity index (χ0n) is 7.38. The quantitative estimate of drug-likeness (QED) is 0.744. The lowest BCUT2D eigenvalue weighted by molar-refractivity contribution is 0.112. The van der Waals surface area contributed by atoms with Gasteiger partial charge in [-0.2, -0.15) is 0 Å². The van der Waals surface area contributed by atoms with Crippen molar-refractivity contribution in [3.8, 4) is 0 Å². The van der Waals surface area contributed by atoms with Crippen molar-refractivity contribution < 1.29 is 4.79 Å². The third-order valence-corrected chi connectivity index (χ3v) is 3.02. The van der Waals surface area contributed by atoms with Crippen molar-refractivity contribution in [3.63, 3.8) is 0 Å². The van der Waals surface area contributed by atoms with Crippen LogP contribution >= 0.6 is 15.9 Å². The van der Waals surface area contributed by atoms with Crippen molar-refractivity contribution in [2.24, 2.45) is 0 Å². The highest BCUT2D eigenvalue weighted by atomic mass is 79.9. The number of hydrogen-bond donors (Lipinski definition) is 0. The highest BCUT2D eigenvalue weighted by molar-refractivity contribution is 9.10. The number of carbonyl (C=O) groups excluding carboxylic acids is 1. The fourth-order valence-electron chi connectivity index (χ4n) is 1.47. The molecule has 0 N–H and O–H groups in total. The minimum atomic E-state index is 0.164. The van der Waals surface area contributed by atoms with Crippen LogP contribution in [0.2, 0.25) is 0 Å². The van der Waals surface area contributed by atoms with Crippen molar-refractivity contribution in [1.29, 1.82) is 0 Å². The number of hydrogen-bond acceptors (Lipinski definition) is 2. The van der Waals surface area contributed by atoms with Gasteiger partial charge in [0.1, 0.15) is 0 Å². The monoisotopic (exact) mass is 239 g/mol. The number of aromatic nitrogens is 1. The van der Waals surface area contributed by atoms with Crippen molar-refractivity contribution in [1.82, 2.24) is 4.98 Å². The Labute approximate surface area is 85.5 Å². The Bertz CT molecular complexity index is 358. The second-order valence-corrected chi connectivity index (χ2v) is 4.69. The number of aldehydes is 1. The van der Waals surface area contributed by atoms with E-state index in [0.29, 0.717) is 0 Å². The van der Waals surface area contributed by atoms with E-state index < -0.39 is 0 Å². The predicted octanol–water partition coefficient (Wildman–Crippen LogP) is 2.71.